The van der Waals surface area contributed by atoms with Gasteiger partial charge in [-0.3, -0.25) is 10.2 Å². The van der Waals surface area contributed by atoms with E-state index in [2.05, 4.69) is 20.2 Å². The zero-order valence-electron chi connectivity index (χ0n) is 6.90. The number of nitrogens with one attached hydrogen (secondary N) is 2. The average molecular weight is 195 g/mol. The molecule has 68 valence electrons. The summed E-state index contributed by atoms with van der Waals surface area (Å²) in [4.78, 5) is 8.02. The second kappa shape index (κ2) is 3.53. The van der Waals surface area contributed by atoms with Crippen LogP contribution in [0.5, 0.6) is 0 Å². The lowest BCUT2D eigenvalue weighted by Gasteiger charge is -1.97. The van der Waals surface area contributed by atoms with Crippen molar-refractivity contribution in [3.63, 3.8) is 0 Å². The van der Waals surface area contributed by atoms with Crippen molar-refractivity contribution in [1.29, 1.82) is 0 Å². The van der Waals surface area contributed by atoms with E-state index < -0.39 is 0 Å². The molecule has 2 aromatic heterocycles. The van der Waals surface area contributed by atoms with Crippen LogP contribution in [0.2, 0.25) is 0 Å². The predicted molar refractivity (Wildman–Crippen MR) is 49.7 cm³/mol. The number of aromatic amines is 2. The number of H-pyrrole nitrogens is 2. The molecule has 2 aromatic rings. The van der Waals surface area contributed by atoms with Crippen molar-refractivity contribution in [2.24, 2.45) is 0 Å². The van der Waals surface area contributed by atoms with E-state index in [1.54, 1.807) is 12.5 Å². The maximum atomic E-state index is 4.83. The number of imidazole rings is 1. The van der Waals surface area contributed by atoms with Crippen molar-refractivity contribution in [2.45, 2.75) is 13.0 Å². The molecule has 6 heteroatoms. The van der Waals surface area contributed by atoms with Gasteiger partial charge in [0.15, 0.2) is 0 Å². The van der Waals surface area contributed by atoms with Crippen molar-refractivity contribution in [2.75, 3.05) is 0 Å². The molecule has 0 saturated carbocycles. The lowest BCUT2D eigenvalue weighted by atomic mass is 10.4. The van der Waals surface area contributed by atoms with Crippen LogP contribution in [0.3, 0.4) is 0 Å². The molecule has 0 unspecified atom stereocenters. The number of hydrogen-bond acceptors (Lipinski definition) is 3. The van der Waals surface area contributed by atoms with Gasteiger partial charge >= 0.3 is 0 Å². The predicted octanol–water partition coefficient (Wildman–Crippen LogP) is 0.906. The lowest BCUT2D eigenvalue weighted by Crippen LogP contribution is -1.99. The van der Waals surface area contributed by atoms with Gasteiger partial charge in [-0.25, -0.2) is 9.97 Å². The molecule has 0 aliphatic heterocycles. The van der Waals surface area contributed by atoms with Crippen LogP contribution >= 0.6 is 12.2 Å². The van der Waals surface area contributed by atoms with E-state index in [0.29, 0.717) is 4.77 Å². The van der Waals surface area contributed by atoms with Gasteiger partial charge in [0.1, 0.15) is 5.82 Å². The molecule has 5 nitrogen and oxygen atoms in total. The molecular formula is C7H9N5S. The largest absolute Gasteiger partial charge is 0.337 e. The van der Waals surface area contributed by atoms with Gasteiger partial charge in [0.05, 0.1) is 6.33 Å². The second-order valence-electron chi connectivity index (χ2n) is 2.66. The molecule has 2 N–H and O–H groups in total. The van der Waals surface area contributed by atoms with Crippen LogP contribution in [0.25, 0.3) is 0 Å². The Balaban J connectivity index is 1.97. The Bertz CT molecular complexity index is 412. The molecule has 0 fully saturated rings. The van der Waals surface area contributed by atoms with Crippen LogP contribution < -0.4 is 0 Å². The second-order valence-corrected chi connectivity index (χ2v) is 3.05. The zero-order chi connectivity index (χ0) is 9.10. The first kappa shape index (κ1) is 8.18. The van der Waals surface area contributed by atoms with Crippen molar-refractivity contribution in [3.8, 4) is 0 Å². The van der Waals surface area contributed by atoms with Crippen molar-refractivity contribution >= 4 is 12.2 Å². The lowest BCUT2D eigenvalue weighted by molar-refractivity contribution is 0.673. The Kier molecular flexibility index (Phi) is 2.22. The van der Waals surface area contributed by atoms with Crippen LogP contribution in [0.15, 0.2) is 18.7 Å². The Hall–Kier alpha value is -1.43. The molecule has 13 heavy (non-hydrogen) atoms. The minimum Gasteiger partial charge on any atom is -0.337 e. The van der Waals surface area contributed by atoms with E-state index in [4.69, 9.17) is 12.2 Å². The van der Waals surface area contributed by atoms with E-state index in [1.165, 1.54) is 0 Å². The molecule has 0 amide bonds. The standard InChI is InChI=1S/C7H9N5S/c13-7-9-6(10-11-7)1-3-12-4-2-8-5-12/h2,4-5H,1,3H2,(H2,9,10,11,13). The molecule has 2 rings (SSSR count). The van der Waals surface area contributed by atoms with Gasteiger partial charge < -0.3 is 4.57 Å². The molecule has 0 spiro atoms. The Morgan fingerprint density at radius 3 is 3.00 bits per heavy atom. The van der Waals surface area contributed by atoms with Gasteiger partial charge in [0, 0.05) is 25.4 Å². The minimum absolute atomic E-state index is 0.501. The third-order valence-electron chi connectivity index (χ3n) is 1.72. The first-order chi connectivity index (χ1) is 6.34. The molecular weight excluding hydrogens is 186 g/mol. The third-order valence-corrected chi connectivity index (χ3v) is 1.91. The van der Waals surface area contributed by atoms with Gasteiger partial charge in [0.25, 0.3) is 0 Å². The van der Waals surface area contributed by atoms with Crippen molar-refractivity contribution in [3.05, 3.63) is 29.3 Å². The summed E-state index contributed by atoms with van der Waals surface area (Å²) in [5.41, 5.74) is 0. The van der Waals surface area contributed by atoms with Crippen LogP contribution in [0.4, 0.5) is 0 Å². The van der Waals surface area contributed by atoms with E-state index in [0.717, 1.165) is 18.8 Å². The SMILES string of the molecule is S=c1nc(CCn2ccnc2)[nH][nH]1. The fraction of sp³-hybridized carbons (Fsp3) is 0.286. The van der Waals surface area contributed by atoms with Gasteiger partial charge in [-0.15, -0.1) is 0 Å². The zero-order valence-corrected chi connectivity index (χ0v) is 7.71. The van der Waals surface area contributed by atoms with E-state index in [1.807, 2.05) is 10.8 Å². The Morgan fingerprint density at radius 1 is 1.46 bits per heavy atom. The average Bonchev–Trinajstić information content (AvgIpc) is 2.71. The highest BCUT2D eigenvalue weighted by atomic mass is 32.1. The van der Waals surface area contributed by atoms with Crippen molar-refractivity contribution < 1.29 is 0 Å². The fourth-order valence-corrected chi connectivity index (χ4v) is 1.24. The van der Waals surface area contributed by atoms with E-state index in [9.17, 15) is 0 Å². The smallest absolute Gasteiger partial charge is 0.213 e. The third kappa shape index (κ3) is 2.03. The van der Waals surface area contributed by atoms with Crippen LogP contribution in [-0.2, 0) is 13.0 Å². The number of hydrogen-bond donors (Lipinski definition) is 2. The normalized spacial score (nSPS) is 10.5. The summed E-state index contributed by atoms with van der Waals surface area (Å²) >= 11 is 4.83. The summed E-state index contributed by atoms with van der Waals surface area (Å²) in [6, 6.07) is 0. The summed E-state index contributed by atoms with van der Waals surface area (Å²) in [6.45, 7) is 0.857. The van der Waals surface area contributed by atoms with Gasteiger partial charge in [-0.05, 0) is 12.2 Å². The summed E-state index contributed by atoms with van der Waals surface area (Å²) in [7, 11) is 0. The molecule has 0 aliphatic rings. The number of aryl methyl sites for hydroxylation is 2. The molecule has 0 aromatic carbocycles. The van der Waals surface area contributed by atoms with Crippen LogP contribution in [0.1, 0.15) is 5.82 Å². The fourth-order valence-electron chi connectivity index (χ4n) is 1.08. The topological polar surface area (TPSA) is 62.3 Å². The maximum absolute atomic E-state index is 4.83. The molecule has 0 atom stereocenters. The summed E-state index contributed by atoms with van der Waals surface area (Å²) in [5.74, 6) is 0.874. The summed E-state index contributed by atoms with van der Waals surface area (Å²) in [6.07, 6.45) is 6.28. The summed E-state index contributed by atoms with van der Waals surface area (Å²) in [5, 5.41) is 5.65. The van der Waals surface area contributed by atoms with Crippen molar-refractivity contribution in [1.82, 2.24) is 24.7 Å². The Labute approximate surface area is 79.8 Å². The maximum Gasteiger partial charge on any atom is 0.213 e. The highest BCUT2D eigenvalue weighted by molar-refractivity contribution is 7.71. The first-order valence-electron chi connectivity index (χ1n) is 3.94. The summed E-state index contributed by atoms with van der Waals surface area (Å²) < 4.78 is 2.49. The molecule has 0 saturated heterocycles. The van der Waals surface area contributed by atoms with Crippen LogP contribution in [0, 0.1) is 4.77 Å². The molecule has 0 radical (unpaired) electrons. The molecule has 2 heterocycles. The van der Waals surface area contributed by atoms with Gasteiger partial charge in [0.2, 0.25) is 4.77 Å². The molecule has 0 bridgehead atoms. The Morgan fingerprint density at radius 2 is 2.38 bits per heavy atom. The van der Waals surface area contributed by atoms with Crippen LogP contribution in [-0.4, -0.2) is 24.7 Å². The monoisotopic (exact) mass is 195 g/mol. The number of nitrogens with zero attached hydrogens (tertiary/aromatic N) is 3. The van der Waals surface area contributed by atoms with Gasteiger partial charge in [-0.2, -0.15) is 0 Å². The first-order valence-corrected chi connectivity index (χ1v) is 4.35. The minimum atomic E-state index is 0.501. The van der Waals surface area contributed by atoms with Gasteiger partial charge in [-0.1, -0.05) is 0 Å². The van der Waals surface area contributed by atoms with E-state index in [-0.39, 0.29) is 0 Å². The highest BCUT2D eigenvalue weighted by Crippen LogP contribution is 1.93. The number of aromatic nitrogens is 5. The quantitative estimate of drug-likeness (QED) is 0.715. The van der Waals surface area contributed by atoms with E-state index >= 15 is 0 Å². The molecule has 0 aliphatic carbocycles. The number of rotatable bonds is 3. The highest BCUT2D eigenvalue weighted by Gasteiger charge is 1.96.